The summed E-state index contributed by atoms with van der Waals surface area (Å²) in [5.74, 6) is 1.12. The fraction of sp³-hybridized carbons (Fsp3) is 0.417. The van der Waals surface area contributed by atoms with Crippen LogP contribution in [0.5, 0.6) is 0 Å². The maximum Gasteiger partial charge on any atom is 0.242 e. The van der Waals surface area contributed by atoms with E-state index in [4.69, 9.17) is 11.6 Å². The van der Waals surface area contributed by atoms with Crippen LogP contribution in [0.25, 0.3) is 0 Å². The highest BCUT2D eigenvalue weighted by Gasteiger charge is 2.26. The number of nitrogens with one attached hydrogen (secondary N) is 1. The average Bonchev–Trinajstić information content (AvgIpc) is 2.72. The largest absolute Gasteiger partial charge is 0.354 e. The summed E-state index contributed by atoms with van der Waals surface area (Å²) in [5.41, 5.74) is 3.17. The van der Waals surface area contributed by atoms with E-state index in [2.05, 4.69) is 5.32 Å². The monoisotopic (exact) mass is 446 g/mol. The maximum atomic E-state index is 13.1. The molecule has 2 amide bonds. The van der Waals surface area contributed by atoms with Gasteiger partial charge >= 0.3 is 0 Å². The Morgan fingerprint density at radius 2 is 1.73 bits per heavy atom. The predicted molar refractivity (Wildman–Crippen MR) is 127 cm³/mol. The van der Waals surface area contributed by atoms with E-state index in [1.54, 1.807) is 11.8 Å². The van der Waals surface area contributed by atoms with E-state index < -0.39 is 6.04 Å². The lowest BCUT2D eigenvalue weighted by molar-refractivity contribution is -0.138. The van der Waals surface area contributed by atoms with Crippen LogP contribution in [0.4, 0.5) is 0 Å². The molecular weight excluding hydrogens is 416 g/mol. The second-order valence-corrected chi connectivity index (χ2v) is 9.30. The number of rotatable bonds is 10. The number of halogens is 1. The fourth-order valence-corrected chi connectivity index (χ4v) is 4.07. The molecule has 0 aliphatic carbocycles. The molecule has 1 N–H and O–H groups in total. The number of hydrogen-bond donors (Lipinski definition) is 1. The van der Waals surface area contributed by atoms with Crippen LogP contribution in [0.2, 0.25) is 5.02 Å². The van der Waals surface area contributed by atoms with Crippen molar-refractivity contribution in [1.82, 2.24) is 10.2 Å². The van der Waals surface area contributed by atoms with Gasteiger partial charge in [0.05, 0.1) is 5.75 Å². The molecule has 0 bridgehead atoms. The van der Waals surface area contributed by atoms with Crippen molar-refractivity contribution in [3.63, 3.8) is 0 Å². The minimum Gasteiger partial charge on any atom is -0.354 e. The normalized spacial score (nSPS) is 11.9. The maximum absolute atomic E-state index is 13.1. The number of carbonyl (C=O) groups is 2. The Hall–Kier alpha value is -1.98. The van der Waals surface area contributed by atoms with Gasteiger partial charge in [0.2, 0.25) is 11.8 Å². The Balaban J connectivity index is 2.06. The third-order valence-corrected chi connectivity index (χ3v) is 6.10. The highest BCUT2D eigenvalue weighted by atomic mass is 35.5. The summed E-state index contributed by atoms with van der Waals surface area (Å²) in [5, 5.41) is 3.65. The molecule has 2 aromatic rings. The van der Waals surface area contributed by atoms with E-state index in [1.165, 1.54) is 11.8 Å². The zero-order chi connectivity index (χ0) is 22.1. The summed E-state index contributed by atoms with van der Waals surface area (Å²) in [6.07, 6.45) is 0. The van der Waals surface area contributed by atoms with Crippen molar-refractivity contribution in [3.8, 4) is 0 Å². The molecule has 0 aromatic heterocycles. The van der Waals surface area contributed by atoms with Gasteiger partial charge in [-0.25, -0.2) is 0 Å². The molecule has 0 spiro atoms. The summed E-state index contributed by atoms with van der Waals surface area (Å²) in [6, 6.07) is 15.2. The topological polar surface area (TPSA) is 49.4 Å². The molecule has 1 atom stereocenters. The number of thioether (sulfide) groups is 1. The number of carbonyl (C=O) groups excluding carboxylic acids is 2. The molecule has 4 nitrogen and oxygen atoms in total. The van der Waals surface area contributed by atoms with Crippen LogP contribution in [-0.4, -0.2) is 35.1 Å². The number of hydrogen-bond acceptors (Lipinski definition) is 3. The molecule has 2 aromatic carbocycles. The van der Waals surface area contributed by atoms with Crippen LogP contribution in [-0.2, 0) is 21.9 Å². The summed E-state index contributed by atoms with van der Waals surface area (Å²) >= 11 is 7.72. The lowest BCUT2D eigenvalue weighted by Gasteiger charge is -2.29. The Kier molecular flexibility index (Phi) is 9.73. The van der Waals surface area contributed by atoms with Gasteiger partial charge in [0, 0.05) is 23.9 Å². The molecule has 162 valence electrons. The van der Waals surface area contributed by atoms with E-state index in [0.29, 0.717) is 35.5 Å². The van der Waals surface area contributed by atoms with Crippen LogP contribution >= 0.6 is 23.4 Å². The lowest BCUT2D eigenvalue weighted by atomic mass is 10.1. The quantitative estimate of drug-likeness (QED) is 0.554. The van der Waals surface area contributed by atoms with Gasteiger partial charge in [0.25, 0.3) is 0 Å². The van der Waals surface area contributed by atoms with Crippen molar-refractivity contribution < 1.29 is 9.59 Å². The summed E-state index contributed by atoms with van der Waals surface area (Å²) < 4.78 is 0. The molecule has 0 saturated heterocycles. The van der Waals surface area contributed by atoms with Crippen LogP contribution in [0.15, 0.2) is 48.5 Å². The highest BCUT2D eigenvalue weighted by Crippen LogP contribution is 2.21. The molecule has 0 aliphatic rings. The van der Waals surface area contributed by atoms with Crippen molar-refractivity contribution >= 4 is 35.2 Å². The van der Waals surface area contributed by atoms with Crippen molar-refractivity contribution in [2.45, 2.75) is 46.0 Å². The summed E-state index contributed by atoms with van der Waals surface area (Å²) in [4.78, 5) is 27.4. The third kappa shape index (κ3) is 7.69. The third-order valence-electron chi connectivity index (χ3n) is 4.77. The molecule has 0 saturated carbocycles. The van der Waals surface area contributed by atoms with Gasteiger partial charge in [-0.15, -0.1) is 11.8 Å². The van der Waals surface area contributed by atoms with Gasteiger partial charge in [-0.05, 0) is 37.0 Å². The van der Waals surface area contributed by atoms with Crippen LogP contribution in [0, 0.1) is 12.8 Å². The number of amides is 2. The zero-order valence-electron chi connectivity index (χ0n) is 18.2. The van der Waals surface area contributed by atoms with E-state index >= 15 is 0 Å². The molecule has 2 rings (SSSR count). The van der Waals surface area contributed by atoms with Crippen molar-refractivity contribution in [1.29, 1.82) is 0 Å². The summed E-state index contributed by atoms with van der Waals surface area (Å²) in [7, 11) is 0. The molecule has 6 heteroatoms. The average molecular weight is 447 g/mol. The van der Waals surface area contributed by atoms with Crippen molar-refractivity contribution in [2.24, 2.45) is 5.92 Å². The van der Waals surface area contributed by atoms with Crippen molar-refractivity contribution in [3.05, 3.63) is 70.2 Å². The first-order valence-corrected chi connectivity index (χ1v) is 11.7. The first-order chi connectivity index (χ1) is 14.3. The first-order valence-electron chi connectivity index (χ1n) is 10.2. The Morgan fingerprint density at radius 1 is 1.07 bits per heavy atom. The van der Waals surface area contributed by atoms with Crippen LogP contribution in [0.3, 0.4) is 0 Å². The molecule has 1 unspecified atom stereocenters. The minimum atomic E-state index is -0.543. The highest BCUT2D eigenvalue weighted by molar-refractivity contribution is 7.99. The van der Waals surface area contributed by atoms with E-state index in [9.17, 15) is 9.59 Å². The number of nitrogens with zero attached hydrogens (tertiary/aromatic N) is 1. The standard InChI is InChI=1S/C24H31ClN2O2S/c1-17(2)13-26-24(29)19(4)27(14-20-11-9-18(3)10-12-20)23(28)16-30-15-21-7-5-6-8-22(21)25/h5-12,17,19H,13-16H2,1-4H3,(H,26,29). The molecule has 0 heterocycles. The van der Waals surface area contributed by atoms with Gasteiger partial charge in [0.15, 0.2) is 0 Å². The van der Waals surface area contributed by atoms with Gasteiger partial charge in [-0.1, -0.05) is 73.5 Å². The second kappa shape index (κ2) is 12.0. The Morgan fingerprint density at radius 3 is 2.37 bits per heavy atom. The predicted octanol–water partition coefficient (Wildman–Crippen LogP) is 5.07. The fourth-order valence-electron chi connectivity index (χ4n) is 2.87. The lowest BCUT2D eigenvalue weighted by Crippen LogP contribution is -2.48. The van der Waals surface area contributed by atoms with E-state index in [1.807, 2.05) is 69.3 Å². The summed E-state index contributed by atoms with van der Waals surface area (Å²) in [6.45, 7) is 8.91. The van der Waals surface area contributed by atoms with E-state index in [0.717, 1.165) is 16.7 Å². The van der Waals surface area contributed by atoms with Crippen molar-refractivity contribution in [2.75, 3.05) is 12.3 Å². The molecule has 0 aliphatic heterocycles. The van der Waals surface area contributed by atoms with E-state index in [-0.39, 0.29) is 11.8 Å². The molecule has 0 fully saturated rings. The van der Waals surface area contributed by atoms with Crippen LogP contribution in [0.1, 0.15) is 37.5 Å². The zero-order valence-corrected chi connectivity index (χ0v) is 19.7. The molecule has 30 heavy (non-hydrogen) atoms. The minimum absolute atomic E-state index is 0.0557. The van der Waals surface area contributed by atoms with Gasteiger partial charge in [-0.3, -0.25) is 9.59 Å². The number of benzene rings is 2. The Labute approximate surface area is 189 Å². The van der Waals surface area contributed by atoms with Gasteiger partial charge in [0.1, 0.15) is 6.04 Å². The first kappa shape index (κ1) is 24.3. The Bertz CT molecular complexity index is 839. The van der Waals surface area contributed by atoms with Gasteiger partial charge < -0.3 is 10.2 Å². The SMILES string of the molecule is Cc1ccc(CN(C(=O)CSCc2ccccc2Cl)C(C)C(=O)NCC(C)C)cc1. The second-order valence-electron chi connectivity index (χ2n) is 7.91. The molecule has 0 radical (unpaired) electrons. The number of aryl methyl sites for hydroxylation is 1. The molecular formula is C24H31ClN2O2S. The smallest absolute Gasteiger partial charge is 0.242 e. The van der Waals surface area contributed by atoms with Gasteiger partial charge in [-0.2, -0.15) is 0 Å². The van der Waals surface area contributed by atoms with Crippen LogP contribution < -0.4 is 5.32 Å².